The van der Waals surface area contributed by atoms with Gasteiger partial charge in [0, 0.05) is 31.1 Å². The van der Waals surface area contributed by atoms with Crippen molar-refractivity contribution in [2.75, 3.05) is 7.11 Å². The number of aryl methyl sites for hydroxylation is 1. The van der Waals surface area contributed by atoms with Gasteiger partial charge in [0.25, 0.3) is 5.91 Å². The van der Waals surface area contributed by atoms with Crippen LogP contribution in [0.25, 0.3) is 11.1 Å². The second-order valence-corrected chi connectivity index (χ2v) is 9.83. The molecule has 0 saturated heterocycles. The monoisotopic (exact) mass is 537 g/mol. The van der Waals surface area contributed by atoms with Crippen molar-refractivity contribution in [2.45, 2.75) is 56.7 Å². The van der Waals surface area contributed by atoms with Crippen LogP contribution in [-0.2, 0) is 6.54 Å². The summed E-state index contributed by atoms with van der Waals surface area (Å²) in [7, 11) is 1.36. The van der Waals surface area contributed by atoms with Gasteiger partial charge in [-0.05, 0) is 49.1 Å². The number of carbonyl (C=O) groups is 1. The van der Waals surface area contributed by atoms with E-state index in [1.54, 1.807) is 23.0 Å². The first-order chi connectivity index (χ1) is 17.1. The van der Waals surface area contributed by atoms with Crippen LogP contribution in [0.15, 0.2) is 48.8 Å². The maximum absolute atomic E-state index is 14.0. The van der Waals surface area contributed by atoms with E-state index in [0.717, 1.165) is 11.1 Å². The second-order valence-electron chi connectivity index (χ2n) is 9.01. The number of alkyl halides is 2. The maximum atomic E-state index is 14.0. The van der Waals surface area contributed by atoms with Gasteiger partial charge in [-0.2, -0.15) is 5.10 Å². The molecule has 0 bridgehead atoms. The zero-order valence-corrected chi connectivity index (χ0v) is 21.4. The molecule has 1 atom stereocenters. The molecule has 10 heteroatoms. The van der Waals surface area contributed by atoms with Crippen LogP contribution in [0.1, 0.15) is 54.6 Å². The predicted octanol–water partition coefficient (Wildman–Crippen LogP) is 6.30. The third-order valence-electron chi connectivity index (χ3n) is 6.66. The number of amides is 1. The van der Waals surface area contributed by atoms with Gasteiger partial charge < -0.3 is 15.2 Å². The van der Waals surface area contributed by atoms with Crippen LogP contribution in [0.2, 0.25) is 10.0 Å². The zero-order valence-electron chi connectivity index (χ0n) is 19.9. The lowest BCUT2D eigenvalue weighted by atomic mass is 9.75. The van der Waals surface area contributed by atoms with Gasteiger partial charge in [0.05, 0.1) is 35.0 Å². The number of rotatable bonds is 7. The number of aliphatic hydroxyl groups is 1. The van der Waals surface area contributed by atoms with Gasteiger partial charge in [-0.1, -0.05) is 41.4 Å². The van der Waals surface area contributed by atoms with E-state index in [2.05, 4.69) is 10.4 Å². The molecule has 1 fully saturated rings. The molecule has 6 nitrogen and oxygen atoms in total. The minimum absolute atomic E-state index is 0.00165. The Morgan fingerprint density at radius 3 is 2.50 bits per heavy atom. The fraction of sp³-hybridized carbons (Fsp3) is 0.385. The van der Waals surface area contributed by atoms with Crippen LogP contribution in [0.4, 0.5) is 8.78 Å². The summed E-state index contributed by atoms with van der Waals surface area (Å²) in [5, 5.41) is 19.1. The third kappa shape index (κ3) is 5.36. The number of nitrogens with one attached hydrogen (secondary N) is 1. The average molecular weight is 538 g/mol. The molecule has 0 radical (unpaired) electrons. The van der Waals surface area contributed by atoms with E-state index < -0.39 is 36.3 Å². The molecule has 1 unspecified atom stereocenters. The van der Waals surface area contributed by atoms with Gasteiger partial charge in [-0.15, -0.1) is 0 Å². The van der Waals surface area contributed by atoms with E-state index in [1.807, 2.05) is 25.3 Å². The fourth-order valence-electron chi connectivity index (χ4n) is 4.60. The van der Waals surface area contributed by atoms with Crippen molar-refractivity contribution in [3.05, 3.63) is 70.0 Å². The van der Waals surface area contributed by atoms with Crippen molar-refractivity contribution in [3.8, 4) is 16.9 Å². The molecule has 1 aliphatic rings. The van der Waals surface area contributed by atoms with Crippen LogP contribution >= 0.6 is 23.2 Å². The lowest BCUT2D eigenvalue weighted by Gasteiger charge is -2.42. The Bertz CT molecular complexity index is 1250. The molecule has 36 heavy (non-hydrogen) atoms. The van der Waals surface area contributed by atoms with Gasteiger partial charge in [-0.25, -0.2) is 8.78 Å². The van der Waals surface area contributed by atoms with E-state index in [4.69, 9.17) is 27.9 Å². The zero-order chi connectivity index (χ0) is 26.1. The average Bonchev–Trinajstić information content (AvgIpc) is 3.35. The molecule has 1 aliphatic carbocycles. The predicted molar refractivity (Wildman–Crippen MR) is 135 cm³/mol. The molecule has 1 aromatic heterocycles. The third-order valence-corrected chi connectivity index (χ3v) is 7.27. The second kappa shape index (κ2) is 10.4. The van der Waals surface area contributed by atoms with Crippen molar-refractivity contribution < 1.29 is 23.4 Å². The SMILES string of the molecule is CCn1cc(-c2cccc(C(NC(=O)c3c(Cl)ccc(Cl)c3OC)C3(O)CCC(F)(F)CC3)c2)cn1. The van der Waals surface area contributed by atoms with Gasteiger partial charge >= 0.3 is 0 Å². The van der Waals surface area contributed by atoms with Crippen LogP contribution < -0.4 is 10.1 Å². The molecule has 4 rings (SSSR count). The number of aromatic nitrogens is 2. The smallest absolute Gasteiger partial charge is 0.257 e. The number of nitrogens with zero attached hydrogens (tertiary/aromatic N) is 2. The Kier molecular flexibility index (Phi) is 7.59. The summed E-state index contributed by atoms with van der Waals surface area (Å²) in [5.74, 6) is -3.42. The Balaban J connectivity index is 1.75. The molecule has 2 N–H and O–H groups in total. The first-order valence-electron chi connectivity index (χ1n) is 11.6. The molecule has 0 spiro atoms. The van der Waals surface area contributed by atoms with Crippen molar-refractivity contribution >= 4 is 29.1 Å². The Morgan fingerprint density at radius 1 is 1.17 bits per heavy atom. The molecule has 3 aromatic rings. The van der Waals surface area contributed by atoms with Crippen LogP contribution in [0.5, 0.6) is 5.75 Å². The summed E-state index contributed by atoms with van der Waals surface area (Å²) in [4.78, 5) is 13.5. The quantitative estimate of drug-likeness (QED) is 0.371. The molecule has 1 heterocycles. The summed E-state index contributed by atoms with van der Waals surface area (Å²) < 4.78 is 35.1. The van der Waals surface area contributed by atoms with Gasteiger partial charge in [0.15, 0.2) is 5.75 Å². The number of hydrogen-bond acceptors (Lipinski definition) is 4. The van der Waals surface area contributed by atoms with Gasteiger partial charge in [0.2, 0.25) is 5.92 Å². The highest BCUT2D eigenvalue weighted by atomic mass is 35.5. The van der Waals surface area contributed by atoms with E-state index in [-0.39, 0.29) is 34.2 Å². The minimum Gasteiger partial charge on any atom is -0.494 e. The van der Waals surface area contributed by atoms with E-state index in [1.165, 1.54) is 19.2 Å². The Morgan fingerprint density at radius 2 is 1.86 bits per heavy atom. The molecular weight excluding hydrogens is 511 g/mol. The number of halogens is 4. The number of hydrogen-bond donors (Lipinski definition) is 2. The lowest BCUT2D eigenvalue weighted by Crippen LogP contribution is -2.50. The van der Waals surface area contributed by atoms with E-state index >= 15 is 0 Å². The standard InChI is InChI=1S/C26H27Cl2F2N3O3/c1-3-33-15-18(14-31-33)16-5-4-6-17(13-16)23(25(35)9-11-26(29,30)12-10-25)32-24(34)21-19(27)7-8-20(28)22(21)36-2/h4-8,13-15,23,35H,3,9-12H2,1-2H3,(H,32,34). The maximum Gasteiger partial charge on any atom is 0.257 e. The number of ether oxygens (including phenoxy) is 1. The van der Waals surface area contributed by atoms with Crippen molar-refractivity contribution in [1.82, 2.24) is 15.1 Å². The highest BCUT2D eigenvalue weighted by molar-refractivity contribution is 6.37. The van der Waals surface area contributed by atoms with E-state index in [0.29, 0.717) is 12.1 Å². The Labute approximate surface area is 218 Å². The molecule has 0 aliphatic heterocycles. The number of carbonyl (C=O) groups excluding carboxylic acids is 1. The van der Waals surface area contributed by atoms with Crippen molar-refractivity contribution in [2.24, 2.45) is 0 Å². The normalized spacial score (nSPS) is 17.4. The summed E-state index contributed by atoms with van der Waals surface area (Å²) in [6.07, 6.45) is 2.26. The van der Waals surface area contributed by atoms with Crippen LogP contribution in [0, 0.1) is 0 Å². The first kappa shape index (κ1) is 26.4. The first-order valence-corrected chi connectivity index (χ1v) is 12.4. The van der Waals surface area contributed by atoms with Gasteiger partial charge in [0.1, 0.15) is 5.56 Å². The lowest BCUT2D eigenvalue weighted by molar-refractivity contribution is -0.116. The number of benzene rings is 2. The topological polar surface area (TPSA) is 76.4 Å². The fourth-order valence-corrected chi connectivity index (χ4v) is 5.07. The summed E-state index contributed by atoms with van der Waals surface area (Å²) in [6, 6.07) is 9.23. The molecular formula is C26H27Cl2F2N3O3. The van der Waals surface area contributed by atoms with Gasteiger partial charge in [-0.3, -0.25) is 9.48 Å². The van der Waals surface area contributed by atoms with Crippen molar-refractivity contribution in [3.63, 3.8) is 0 Å². The Hall–Kier alpha value is -2.68. The summed E-state index contributed by atoms with van der Waals surface area (Å²) in [6.45, 7) is 2.68. The summed E-state index contributed by atoms with van der Waals surface area (Å²) in [5.41, 5.74) is 0.624. The largest absolute Gasteiger partial charge is 0.494 e. The van der Waals surface area contributed by atoms with Crippen LogP contribution in [0.3, 0.4) is 0 Å². The molecule has 192 valence electrons. The summed E-state index contributed by atoms with van der Waals surface area (Å²) >= 11 is 12.5. The molecule has 2 aromatic carbocycles. The highest BCUT2D eigenvalue weighted by Crippen LogP contribution is 2.45. The van der Waals surface area contributed by atoms with Crippen molar-refractivity contribution in [1.29, 1.82) is 0 Å². The minimum atomic E-state index is -2.86. The number of methoxy groups -OCH3 is 1. The molecule has 1 saturated carbocycles. The van der Waals surface area contributed by atoms with E-state index in [9.17, 15) is 18.7 Å². The highest BCUT2D eigenvalue weighted by Gasteiger charge is 2.48. The molecule has 1 amide bonds. The van der Waals surface area contributed by atoms with Crippen LogP contribution in [-0.4, -0.2) is 39.4 Å².